The van der Waals surface area contributed by atoms with Crippen molar-refractivity contribution in [3.8, 4) is 5.88 Å². The van der Waals surface area contributed by atoms with Gasteiger partial charge in [-0.2, -0.15) is 0 Å². The SMILES string of the molecule is CC(C)(C)c1ccc(CCO)cc1.CC(C)(C)c1ccc(CCOc2ncnc3ccc([N+](=O)[O-])cc23)cc1.O=[N+]([O-])c1ccc2ncnc(Cl)c2c1. The lowest BCUT2D eigenvalue weighted by atomic mass is 9.86. The first-order valence-corrected chi connectivity index (χ1v) is 17.3. The van der Waals surface area contributed by atoms with Gasteiger partial charge >= 0.3 is 0 Å². The van der Waals surface area contributed by atoms with E-state index >= 15 is 0 Å². The average Bonchev–Trinajstić information content (AvgIpc) is 3.12. The Kier molecular flexibility index (Phi) is 13.5. The summed E-state index contributed by atoms with van der Waals surface area (Å²) in [5.74, 6) is 0.366. The van der Waals surface area contributed by atoms with Crippen molar-refractivity contribution in [3.05, 3.63) is 145 Å². The molecule has 2 aromatic heterocycles. The molecule has 0 saturated carbocycles. The summed E-state index contributed by atoms with van der Waals surface area (Å²) in [6, 6.07) is 25.7. The number of aliphatic hydroxyl groups excluding tert-OH is 1. The third kappa shape index (κ3) is 11.4. The van der Waals surface area contributed by atoms with Crippen LogP contribution in [0.15, 0.2) is 97.6 Å². The van der Waals surface area contributed by atoms with Crippen molar-refractivity contribution < 1.29 is 19.7 Å². The van der Waals surface area contributed by atoms with Gasteiger partial charge in [-0.1, -0.05) is 102 Å². The minimum absolute atomic E-state index is 0.00470. The van der Waals surface area contributed by atoms with Crippen LogP contribution in [0, 0.1) is 20.2 Å². The van der Waals surface area contributed by atoms with Crippen LogP contribution in [0.25, 0.3) is 21.8 Å². The number of nitro benzene ring substituents is 2. The average molecular weight is 739 g/mol. The van der Waals surface area contributed by atoms with Crippen molar-refractivity contribution in [3.63, 3.8) is 0 Å². The Morgan fingerprint density at radius 1 is 0.642 bits per heavy atom. The summed E-state index contributed by atoms with van der Waals surface area (Å²) in [4.78, 5) is 36.5. The Bertz CT molecular complexity index is 2170. The van der Waals surface area contributed by atoms with Gasteiger partial charge in [0, 0.05) is 42.7 Å². The lowest BCUT2D eigenvalue weighted by Crippen LogP contribution is -2.11. The van der Waals surface area contributed by atoms with Gasteiger partial charge in [0.15, 0.2) is 0 Å². The molecule has 12 nitrogen and oxygen atoms in total. The van der Waals surface area contributed by atoms with Crippen LogP contribution in [0.3, 0.4) is 0 Å². The highest BCUT2D eigenvalue weighted by Crippen LogP contribution is 2.27. The van der Waals surface area contributed by atoms with Crippen LogP contribution < -0.4 is 4.74 Å². The first kappa shape index (κ1) is 40.2. The number of fused-ring (bicyclic) bond motifs is 2. The fourth-order valence-electron chi connectivity index (χ4n) is 5.11. The minimum Gasteiger partial charge on any atom is -0.477 e. The number of ether oxygens (including phenoxy) is 1. The number of rotatable bonds is 8. The number of hydrogen-bond donors (Lipinski definition) is 1. The van der Waals surface area contributed by atoms with Crippen molar-refractivity contribution in [1.82, 2.24) is 19.9 Å². The number of non-ortho nitro benzene ring substituents is 2. The van der Waals surface area contributed by atoms with Crippen LogP contribution in [0.1, 0.15) is 63.8 Å². The van der Waals surface area contributed by atoms with E-state index in [2.05, 4.69) is 110 Å². The molecule has 0 spiro atoms. The molecule has 276 valence electrons. The number of aromatic nitrogens is 4. The largest absolute Gasteiger partial charge is 0.477 e. The Labute approximate surface area is 313 Å². The maximum atomic E-state index is 11.0. The van der Waals surface area contributed by atoms with E-state index in [1.54, 1.807) is 12.1 Å². The minimum atomic E-state index is -0.483. The molecule has 13 heteroatoms. The smallest absolute Gasteiger partial charge is 0.270 e. The molecule has 6 rings (SSSR count). The monoisotopic (exact) mass is 738 g/mol. The van der Waals surface area contributed by atoms with E-state index in [1.807, 2.05) is 0 Å². The summed E-state index contributed by atoms with van der Waals surface area (Å²) in [5, 5.41) is 31.5. The predicted molar refractivity (Wildman–Crippen MR) is 208 cm³/mol. The Balaban J connectivity index is 0.000000196. The molecule has 0 amide bonds. The van der Waals surface area contributed by atoms with Crippen LogP contribution in [0.4, 0.5) is 11.4 Å². The van der Waals surface area contributed by atoms with Gasteiger partial charge in [0.2, 0.25) is 5.88 Å². The molecule has 0 fully saturated rings. The molecule has 53 heavy (non-hydrogen) atoms. The third-order valence-electron chi connectivity index (χ3n) is 8.24. The van der Waals surface area contributed by atoms with Gasteiger partial charge < -0.3 is 9.84 Å². The third-order valence-corrected chi connectivity index (χ3v) is 8.55. The number of nitrogens with zero attached hydrogens (tertiary/aromatic N) is 6. The molecule has 4 aromatic carbocycles. The van der Waals surface area contributed by atoms with E-state index in [0.717, 1.165) is 12.8 Å². The second-order valence-corrected chi connectivity index (χ2v) is 14.6. The second-order valence-electron chi connectivity index (χ2n) is 14.2. The summed E-state index contributed by atoms with van der Waals surface area (Å²) < 4.78 is 5.78. The molecule has 0 aliphatic rings. The maximum absolute atomic E-state index is 11.0. The van der Waals surface area contributed by atoms with E-state index in [-0.39, 0.29) is 34.0 Å². The summed E-state index contributed by atoms with van der Waals surface area (Å²) in [6.07, 6.45) is 4.20. The van der Waals surface area contributed by atoms with Crippen molar-refractivity contribution >= 4 is 44.8 Å². The van der Waals surface area contributed by atoms with Gasteiger partial charge in [-0.15, -0.1) is 0 Å². The van der Waals surface area contributed by atoms with E-state index in [9.17, 15) is 20.2 Å². The maximum Gasteiger partial charge on any atom is 0.270 e. The van der Waals surface area contributed by atoms with Crippen LogP contribution in [0.5, 0.6) is 5.88 Å². The Morgan fingerprint density at radius 3 is 1.57 bits per heavy atom. The molecule has 0 unspecified atom stereocenters. The fourth-order valence-corrected chi connectivity index (χ4v) is 5.31. The van der Waals surface area contributed by atoms with Crippen molar-refractivity contribution in [1.29, 1.82) is 0 Å². The molecule has 0 atom stereocenters. The quantitative estimate of drug-likeness (QED) is 0.0903. The molecular formula is C40H43ClN6O6. The van der Waals surface area contributed by atoms with Gasteiger partial charge in [0.1, 0.15) is 17.8 Å². The van der Waals surface area contributed by atoms with Gasteiger partial charge in [-0.05, 0) is 51.6 Å². The van der Waals surface area contributed by atoms with Crippen molar-refractivity contribution in [2.45, 2.75) is 65.2 Å². The summed E-state index contributed by atoms with van der Waals surface area (Å²) >= 11 is 5.76. The zero-order valence-electron chi connectivity index (χ0n) is 30.6. The molecule has 0 aliphatic carbocycles. The molecule has 0 bridgehead atoms. The van der Waals surface area contributed by atoms with Crippen LogP contribution in [-0.2, 0) is 23.7 Å². The molecule has 6 aromatic rings. The standard InChI is InChI=1S/C20H21N3O3.C12H18O.C8H4ClN3O2/c1-20(2,3)15-6-4-14(5-7-15)10-11-26-19-17-12-16(23(24)25)8-9-18(17)21-13-22-19;1-12(2,3)11-6-4-10(5-7-11)8-9-13;9-8-6-3-5(12(13)14)1-2-7(6)10-4-11-8/h4-9,12-13H,10-11H2,1-3H3;4-7,13H,8-9H2,1-3H3;1-4H. The number of aliphatic hydroxyl groups is 1. The second kappa shape index (κ2) is 17.8. The molecule has 0 radical (unpaired) electrons. The zero-order valence-corrected chi connectivity index (χ0v) is 31.4. The molecular weight excluding hydrogens is 696 g/mol. The molecule has 0 saturated heterocycles. The first-order valence-electron chi connectivity index (χ1n) is 16.9. The highest BCUT2D eigenvalue weighted by Gasteiger charge is 2.15. The number of nitro groups is 2. The highest BCUT2D eigenvalue weighted by atomic mass is 35.5. The van der Waals surface area contributed by atoms with Gasteiger partial charge in [-0.3, -0.25) is 20.2 Å². The molecule has 2 heterocycles. The lowest BCUT2D eigenvalue weighted by molar-refractivity contribution is -0.384. The van der Waals surface area contributed by atoms with Crippen LogP contribution >= 0.6 is 11.6 Å². The molecule has 0 aliphatic heterocycles. The van der Waals surface area contributed by atoms with E-state index < -0.39 is 9.85 Å². The number of hydrogen-bond acceptors (Lipinski definition) is 10. The Morgan fingerprint density at radius 2 is 1.09 bits per heavy atom. The van der Waals surface area contributed by atoms with Crippen molar-refractivity contribution in [2.75, 3.05) is 13.2 Å². The van der Waals surface area contributed by atoms with E-state index in [0.29, 0.717) is 34.3 Å². The van der Waals surface area contributed by atoms with Gasteiger partial charge in [0.05, 0.1) is 32.9 Å². The number of halogens is 1. The Hall–Kier alpha value is -5.59. The van der Waals surface area contributed by atoms with E-state index in [1.165, 1.54) is 59.2 Å². The zero-order chi connectivity index (χ0) is 38.8. The normalized spacial score (nSPS) is 11.2. The number of benzene rings is 4. The highest BCUT2D eigenvalue weighted by molar-refractivity contribution is 6.34. The molecule has 1 N–H and O–H groups in total. The van der Waals surface area contributed by atoms with Crippen molar-refractivity contribution in [2.24, 2.45) is 0 Å². The summed E-state index contributed by atoms with van der Waals surface area (Å²) in [6.45, 7) is 13.8. The topological polar surface area (TPSA) is 167 Å². The first-order chi connectivity index (χ1) is 25.1. The van der Waals surface area contributed by atoms with Gasteiger partial charge in [-0.25, -0.2) is 19.9 Å². The fraction of sp³-hybridized carbons (Fsp3) is 0.300. The summed E-state index contributed by atoms with van der Waals surface area (Å²) in [7, 11) is 0. The summed E-state index contributed by atoms with van der Waals surface area (Å²) in [5.41, 5.74) is 6.54. The van der Waals surface area contributed by atoms with E-state index in [4.69, 9.17) is 21.4 Å². The van der Waals surface area contributed by atoms with Crippen LogP contribution in [0.2, 0.25) is 5.15 Å². The lowest BCUT2D eigenvalue weighted by Gasteiger charge is -2.19. The van der Waals surface area contributed by atoms with Gasteiger partial charge in [0.25, 0.3) is 11.4 Å². The predicted octanol–water partition coefficient (Wildman–Crippen LogP) is 9.17. The van der Waals surface area contributed by atoms with Crippen LogP contribution in [-0.4, -0.2) is 48.1 Å².